The highest BCUT2D eigenvalue weighted by molar-refractivity contribution is 7.91. The molecular formula is C22H28FN3O3S2. The van der Waals surface area contributed by atoms with Gasteiger partial charge < -0.3 is 10.2 Å². The number of anilines is 1. The number of aryl methyl sites for hydroxylation is 1. The summed E-state index contributed by atoms with van der Waals surface area (Å²) < 4.78 is 40.7. The monoisotopic (exact) mass is 465 g/mol. The van der Waals surface area contributed by atoms with Crippen molar-refractivity contribution in [3.63, 3.8) is 0 Å². The summed E-state index contributed by atoms with van der Waals surface area (Å²) in [7, 11) is -3.54. The molecule has 9 heteroatoms. The smallest absolute Gasteiger partial charge is 0.252 e. The van der Waals surface area contributed by atoms with Gasteiger partial charge >= 0.3 is 0 Å². The number of halogens is 1. The van der Waals surface area contributed by atoms with Gasteiger partial charge in [0.05, 0.1) is 5.92 Å². The molecule has 2 atom stereocenters. The molecule has 0 bridgehead atoms. The molecule has 2 saturated heterocycles. The van der Waals surface area contributed by atoms with Gasteiger partial charge in [-0.1, -0.05) is 0 Å². The van der Waals surface area contributed by atoms with Crippen LogP contribution in [0.3, 0.4) is 0 Å². The largest absolute Gasteiger partial charge is 0.371 e. The zero-order valence-corrected chi connectivity index (χ0v) is 19.2. The van der Waals surface area contributed by atoms with E-state index in [1.807, 2.05) is 13.0 Å². The van der Waals surface area contributed by atoms with Gasteiger partial charge in [0.2, 0.25) is 5.91 Å². The quantitative estimate of drug-likeness (QED) is 0.711. The highest BCUT2D eigenvalue weighted by atomic mass is 32.2. The van der Waals surface area contributed by atoms with Crippen molar-refractivity contribution >= 4 is 33.0 Å². The number of sulfonamides is 1. The lowest BCUT2D eigenvalue weighted by Crippen LogP contribution is -2.46. The topological polar surface area (TPSA) is 69.7 Å². The number of benzene rings is 1. The third-order valence-electron chi connectivity index (χ3n) is 6.11. The molecule has 2 unspecified atom stereocenters. The summed E-state index contributed by atoms with van der Waals surface area (Å²) in [4.78, 5) is 15.9. The van der Waals surface area contributed by atoms with Gasteiger partial charge in [0.15, 0.2) is 0 Å². The van der Waals surface area contributed by atoms with Gasteiger partial charge in [-0.3, -0.25) is 4.79 Å². The predicted octanol–water partition coefficient (Wildman–Crippen LogP) is 3.24. The predicted molar refractivity (Wildman–Crippen MR) is 120 cm³/mol. The van der Waals surface area contributed by atoms with Crippen molar-refractivity contribution in [3.05, 3.63) is 47.1 Å². The first-order valence-electron chi connectivity index (χ1n) is 10.7. The molecule has 168 valence electrons. The maximum atomic E-state index is 13.1. The molecular weight excluding hydrogens is 437 g/mol. The van der Waals surface area contributed by atoms with E-state index in [9.17, 15) is 17.6 Å². The fraction of sp³-hybridized carbons (Fsp3) is 0.500. The number of thiophene rings is 1. The Labute approximate surface area is 187 Å². The summed E-state index contributed by atoms with van der Waals surface area (Å²) in [6, 6.07) is 9.94. The van der Waals surface area contributed by atoms with E-state index in [1.54, 1.807) is 18.2 Å². The Morgan fingerprint density at radius 2 is 1.90 bits per heavy atom. The van der Waals surface area contributed by atoms with Crippen molar-refractivity contribution in [1.82, 2.24) is 9.62 Å². The molecule has 6 nitrogen and oxygen atoms in total. The Morgan fingerprint density at radius 3 is 2.61 bits per heavy atom. The molecule has 2 aliphatic heterocycles. The van der Waals surface area contributed by atoms with E-state index < -0.39 is 10.0 Å². The van der Waals surface area contributed by atoms with Crippen molar-refractivity contribution in [2.75, 3.05) is 37.6 Å². The molecule has 4 rings (SSSR count). The average Bonchev–Trinajstić information content (AvgIpc) is 3.42. The Balaban J connectivity index is 1.29. The SMILES string of the molecule is Cc1ccc(S(=O)(=O)N2CCCC(C(=O)NCC3CCN(c4ccc(F)cc4)C3)C2)s1. The minimum absolute atomic E-state index is 0.0671. The second kappa shape index (κ2) is 9.26. The molecule has 0 radical (unpaired) electrons. The first-order chi connectivity index (χ1) is 14.8. The number of carbonyl (C=O) groups excluding carboxylic acids is 1. The first kappa shape index (κ1) is 22.2. The van der Waals surface area contributed by atoms with Crippen LogP contribution in [0.2, 0.25) is 0 Å². The van der Waals surface area contributed by atoms with E-state index in [0.717, 1.165) is 30.1 Å². The fourth-order valence-electron chi connectivity index (χ4n) is 4.33. The average molecular weight is 466 g/mol. The maximum absolute atomic E-state index is 13.1. The van der Waals surface area contributed by atoms with E-state index >= 15 is 0 Å². The Kier molecular flexibility index (Phi) is 6.64. The molecule has 0 aliphatic carbocycles. The minimum Gasteiger partial charge on any atom is -0.371 e. The van der Waals surface area contributed by atoms with Crippen molar-refractivity contribution in [2.45, 2.75) is 30.4 Å². The standard InChI is InChI=1S/C22H28FN3O3S2/c1-16-4-9-21(30-16)31(28,29)26-11-2-3-18(15-26)22(27)24-13-17-10-12-25(14-17)20-7-5-19(23)6-8-20/h4-9,17-18H,2-3,10-15H2,1H3,(H,24,27). The minimum atomic E-state index is -3.54. The molecule has 1 aromatic heterocycles. The van der Waals surface area contributed by atoms with Crippen molar-refractivity contribution < 1.29 is 17.6 Å². The van der Waals surface area contributed by atoms with Gasteiger partial charge in [-0.05, 0) is 68.5 Å². The van der Waals surface area contributed by atoms with Crippen molar-refractivity contribution in [1.29, 1.82) is 0 Å². The van der Waals surface area contributed by atoms with E-state index in [2.05, 4.69) is 10.2 Å². The molecule has 2 aromatic rings. The third kappa shape index (κ3) is 5.10. The lowest BCUT2D eigenvalue weighted by Gasteiger charge is -2.31. The summed E-state index contributed by atoms with van der Waals surface area (Å²) in [6.07, 6.45) is 2.34. The van der Waals surface area contributed by atoms with E-state index in [1.165, 1.54) is 27.8 Å². The highest BCUT2D eigenvalue weighted by Gasteiger charge is 2.34. The zero-order chi connectivity index (χ0) is 22.0. The number of amides is 1. The molecule has 2 fully saturated rings. The van der Waals surface area contributed by atoms with E-state index in [0.29, 0.717) is 36.1 Å². The van der Waals surface area contributed by atoms with Crippen LogP contribution in [0.25, 0.3) is 0 Å². The summed E-state index contributed by atoms with van der Waals surface area (Å²) in [5.74, 6) is -0.308. The summed E-state index contributed by atoms with van der Waals surface area (Å²) >= 11 is 1.27. The molecule has 0 saturated carbocycles. The van der Waals surface area contributed by atoms with Crippen LogP contribution in [0, 0.1) is 24.6 Å². The van der Waals surface area contributed by atoms with Crippen LogP contribution in [-0.2, 0) is 14.8 Å². The molecule has 0 spiro atoms. The van der Waals surface area contributed by atoms with Crippen LogP contribution in [0.5, 0.6) is 0 Å². The number of hydrogen-bond donors (Lipinski definition) is 1. The summed E-state index contributed by atoms with van der Waals surface area (Å²) in [5, 5.41) is 3.05. The van der Waals surface area contributed by atoms with Crippen molar-refractivity contribution in [2.24, 2.45) is 11.8 Å². The van der Waals surface area contributed by atoms with Gasteiger partial charge in [0.25, 0.3) is 10.0 Å². The number of rotatable bonds is 6. The number of nitrogens with one attached hydrogen (secondary N) is 1. The van der Waals surface area contributed by atoms with Gasteiger partial charge in [-0.2, -0.15) is 4.31 Å². The Morgan fingerprint density at radius 1 is 1.13 bits per heavy atom. The van der Waals surface area contributed by atoms with E-state index in [4.69, 9.17) is 0 Å². The second-order valence-electron chi connectivity index (χ2n) is 8.39. The van der Waals surface area contributed by atoms with E-state index in [-0.39, 0.29) is 24.2 Å². The Hall–Kier alpha value is -1.97. The lowest BCUT2D eigenvalue weighted by molar-refractivity contribution is -0.126. The normalized spacial score (nSPS) is 22.6. The molecule has 31 heavy (non-hydrogen) atoms. The van der Waals surface area contributed by atoms with Gasteiger partial charge in [0.1, 0.15) is 10.0 Å². The second-order valence-corrected chi connectivity index (χ2v) is 11.8. The third-order valence-corrected chi connectivity index (χ3v) is 9.44. The molecule has 3 heterocycles. The Bertz CT molecular complexity index is 1020. The summed E-state index contributed by atoms with van der Waals surface area (Å²) in [6.45, 7) is 4.84. The highest BCUT2D eigenvalue weighted by Crippen LogP contribution is 2.28. The van der Waals surface area contributed by atoms with Crippen LogP contribution in [-0.4, -0.2) is 51.4 Å². The fourth-order valence-corrected chi connectivity index (χ4v) is 7.29. The molecule has 1 N–H and O–H groups in total. The molecule has 1 aromatic carbocycles. The van der Waals surface area contributed by atoms with Crippen molar-refractivity contribution in [3.8, 4) is 0 Å². The summed E-state index contributed by atoms with van der Waals surface area (Å²) in [5.41, 5.74) is 0.993. The van der Waals surface area contributed by atoms with Crippen LogP contribution in [0.4, 0.5) is 10.1 Å². The molecule has 2 aliphatic rings. The number of carbonyl (C=O) groups is 1. The van der Waals surface area contributed by atoms with Crippen LogP contribution >= 0.6 is 11.3 Å². The van der Waals surface area contributed by atoms with Crippen LogP contribution in [0.1, 0.15) is 24.1 Å². The van der Waals surface area contributed by atoms with Gasteiger partial charge in [-0.25, -0.2) is 12.8 Å². The van der Waals surface area contributed by atoms with Gasteiger partial charge in [-0.15, -0.1) is 11.3 Å². The number of nitrogens with zero attached hydrogens (tertiary/aromatic N) is 2. The van der Waals surface area contributed by atoms with Crippen LogP contribution in [0.15, 0.2) is 40.6 Å². The maximum Gasteiger partial charge on any atom is 0.252 e. The molecule has 1 amide bonds. The zero-order valence-electron chi connectivity index (χ0n) is 17.6. The first-order valence-corrected chi connectivity index (χ1v) is 12.9. The van der Waals surface area contributed by atoms with Crippen LogP contribution < -0.4 is 10.2 Å². The lowest BCUT2D eigenvalue weighted by atomic mass is 9.98. The number of hydrogen-bond acceptors (Lipinski definition) is 5. The number of piperidine rings is 1. The van der Waals surface area contributed by atoms with Gasteiger partial charge in [0, 0.05) is 43.3 Å².